The van der Waals surface area contributed by atoms with E-state index >= 15 is 0 Å². The van der Waals surface area contributed by atoms with Crippen LogP contribution in [0.3, 0.4) is 0 Å². The summed E-state index contributed by atoms with van der Waals surface area (Å²) in [5.41, 5.74) is 1.92. The summed E-state index contributed by atoms with van der Waals surface area (Å²) >= 11 is 0. The van der Waals surface area contributed by atoms with Crippen molar-refractivity contribution in [3.8, 4) is 17.2 Å². The number of carbonyl (C=O) groups is 3. The Morgan fingerprint density at radius 1 is 0.721 bits per heavy atom. The van der Waals surface area contributed by atoms with Crippen molar-refractivity contribution in [1.82, 2.24) is 0 Å². The maximum Gasteiger partial charge on any atom is 0.343 e. The molecular weight excluding hydrogens is 568 g/mol. The fraction of sp³-hybridized carbons (Fsp3) is 0.147. The van der Waals surface area contributed by atoms with E-state index in [0.29, 0.717) is 0 Å². The fourth-order valence-electron chi connectivity index (χ4n) is 4.08. The maximum absolute atomic E-state index is 13.5. The first-order chi connectivity index (χ1) is 20.5. The molecule has 0 atom stereocenters. The molecule has 0 heterocycles. The fourth-order valence-corrected chi connectivity index (χ4v) is 5.05. The number of ether oxygens (including phenoxy) is 2. The summed E-state index contributed by atoms with van der Waals surface area (Å²) < 4.78 is 44.1. The molecule has 4 aromatic rings. The molecule has 43 heavy (non-hydrogen) atoms. The Balaban J connectivity index is 1.96. The summed E-state index contributed by atoms with van der Waals surface area (Å²) in [6.45, 7) is 6.67. The van der Waals surface area contributed by atoms with Crippen LogP contribution in [-0.4, -0.2) is 26.1 Å². The number of rotatable bonds is 10. The molecule has 0 spiro atoms. The van der Waals surface area contributed by atoms with Gasteiger partial charge in [0, 0.05) is 11.6 Å². The van der Waals surface area contributed by atoms with Crippen molar-refractivity contribution >= 4 is 27.8 Å². The molecule has 0 radical (unpaired) electrons. The van der Waals surface area contributed by atoms with Gasteiger partial charge in [0.05, 0.1) is 11.1 Å². The molecule has 0 amide bonds. The van der Waals surface area contributed by atoms with Gasteiger partial charge in [0.15, 0.2) is 11.5 Å². The molecule has 0 aliphatic carbocycles. The first-order valence-electron chi connectivity index (χ1n) is 13.4. The number of esters is 2. The molecule has 0 aliphatic heterocycles. The van der Waals surface area contributed by atoms with Crippen LogP contribution in [0.2, 0.25) is 0 Å². The highest BCUT2D eigenvalue weighted by Crippen LogP contribution is 2.42. The third-order valence-corrected chi connectivity index (χ3v) is 7.54. The van der Waals surface area contributed by atoms with Crippen LogP contribution in [0.25, 0.3) is 0 Å². The smallest absolute Gasteiger partial charge is 0.343 e. The monoisotopic (exact) mass is 598 g/mol. The van der Waals surface area contributed by atoms with Gasteiger partial charge in [-0.15, -0.1) is 0 Å². The SMILES string of the molecule is CC(=O)c1c(OC(=O)c2ccccc2)cc(OC(=O)c2ccccc2)c(CC=C(C)C)c1OS(=O)(=O)c1ccc(C)cc1. The van der Waals surface area contributed by atoms with E-state index in [-0.39, 0.29) is 45.1 Å². The summed E-state index contributed by atoms with van der Waals surface area (Å²) in [5.74, 6) is -3.06. The molecule has 0 N–H and O–H groups in total. The third kappa shape index (κ3) is 7.64. The molecule has 0 saturated carbocycles. The van der Waals surface area contributed by atoms with Crippen LogP contribution in [0.1, 0.15) is 63.0 Å². The van der Waals surface area contributed by atoms with Gasteiger partial charge in [-0.2, -0.15) is 8.42 Å². The van der Waals surface area contributed by atoms with Crippen molar-refractivity contribution < 1.29 is 36.5 Å². The average molecular weight is 599 g/mol. The summed E-state index contributed by atoms with van der Waals surface area (Å²) in [7, 11) is -4.50. The van der Waals surface area contributed by atoms with E-state index in [1.807, 2.05) is 13.8 Å². The van der Waals surface area contributed by atoms with Crippen molar-refractivity contribution in [2.75, 3.05) is 0 Å². The van der Waals surface area contributed by atoms with E-state index in [1.165, 1.54) is 37.3 Å². The van der Waals surface area contributed by atoms with Gasteiger partial charge in [0.2, 0.25) is 0 Å². The highest BCUT2D eigenvalue weighted by atomic mass is 32.2. The maximum atomic E-state index is 13.5. The van der Waals surface area contributed by atoms with E-state index in [9.17, 15) is 22.8 Å². The second-order valence-corrected chi connectivity index (χ2v) is 11.5. The minimum Gasteiger partial charge on any atom is -0.422 e. The highest BCUT2D eigenvalue weighted by Gasteiger charge is 2.30. The minimum atomic E-state index is -4.50. The van der Waals surface area contributed by atoms with Crippen LogP contribution >= 0.6 is 0 Å². The van der Waals surface area contributed by atoms with Gasteiger partial charge in [-0.3, -0.25) is 4.79 Å². The molecule has 0 fully saturated rings. The molecule has 0 aromatic heterocycles. The van der Waals surface area contributed by atoms with Crippen molar-refractivity contribution in [2.45, 2.75) is 39.0 Å². The summed E-state index contributed by atoms with van der Waals surface area (Å²) in [6.07, 6.45) is 1.80. The van der Waals surface area contributed by atoms with Gasteiger partial charge in [-0.25, -0.2) is 9.59 Å². The normalized spacial score (nSPS) is 10.9. The Morgan fingerprint density at radius 3 is 1.72 bits per heavy atom. The lowest BCUT2D eigenvalue weighted by atomic mass is 10.00. The number of aryl methyl sites for hydroxylation is 1. The number of ketones is 1. The van der Waals surface area contributed by atoms with Gasteiger partial charge < -0.3 is 13.7 Å². The largest absolute Gasteiger partial charge is 0.422 e. The lowest BCUT2D eigenvalue weighted by Gasteiger charge is -2.20. The topological polar surface area (TPSA) is 113 Å². The van der Waals surface area contributed by atoms with Crippen molar-refractivity contribution in [3.05, 3.63) is 130 Å². The van der Waals surface area contributed by atoms with Crippen molar-refractivity contribution in [2.24, 2.45) is 0 Å². The molecule has 0 saturated heterocycles. The molecule has 220 valence electrons. The van der Waals surface area contributed by atoms with Gasteiger partial charge in [-0.05, 0) is 70.5 Å². The Hall–Kier alpha value is -5.02. The summed E-state index contributed by atoms with van der Waals surface area (Å²) in [4.78, 5) is 39.2. The van der Waals surface area contributed by atoms with Crippen LogP contribution in [0.15, 0.2) is 108 Å². The van der Waals surface area contributed by atoms with Crippen molar-refractivity contribution in [3.63, 3.8) is 0 Å². The molecule has 4 aromatic carbocycles. The Labute approximate surface area is 250 Å². The first-order valence-corrected chi connectivity index (χ1v) is 14.8. The van der Waals surface area contributed by atoms with Crippen molar-refractivity contribution in [1.29, 1.82) is 0 Å². The molecule has 9 heteroatoms. The Morgan fingerprint density at radius 2 is 1.23 bits per heavy atom. The number of carbonyl (C=O) groups excluding carboxylic acids is 3. The molecule has 4 rings (SSSR count). The zero-order valence-electron chi connectivity index (χ0n) is 24.1. The van der Waals surface area contributed by atoms with E-state index in [4.69, 9.17) is 13.7 Å². The molecule has 0 bridgehead atoms. The third-order valence-electron chi connectivity index (χ3n) is 6.30. The van der Waals surface area contributed by atoms with E-state index in [1.54, 1.807) is 73.7 Å². The molecule has 0 unspecified atom stereocenters. The van der Waals surface area contributed by atoms with Crippen LogP contribution in [0, 0.1) is 6.92 Å². The summed E-state index contributed by atoms with van der Waals surface area (Å²) in [6, 6.07) is 23.4. The molecule has 0 aliphatic rings. The highest BCUT2D eigenvalue weighted by molar-refractivity contribution is 7.87. The summed E-state index contributed by atoms with van der Waals surface area (Å²) in [5, 5.41) is 0. The zero-order valence-corrected chi connectivity index (χ0v) is 24.9. The lowest BCUT2D eigenvalue weighted by Crippen LogP contribution is -2.18. The molecular formula is C34H30O8S. The van der Waals surface area contributed by atoms with E-state index in [0.717, 1.165) is 11.1 Å². The molecule has 8 nitrogen and oxygen atoms in total. The minimum absolute atomic E-state index is 0.0334. The van der Waals surface area contributed by atoms with Gasteiger partial charge in [0.1, 0.15) is 22.0 Å². The quantitative estimate of drug-likeness (QED) is 0.0636. The van der Waals surface area contributed by atoms with Crippen LogP contribution in [0.5, 0.6) is 17.2 Å². The van der Waals surface area contributed by atoms with Gasteiger partial charge >= 0.3 is 22.1 Å². The van der Waals surface area contributed by atoms with E-state index < -0.39 is 33.6 Å². The lowest BCUT2D eigenvalue weighted by molar-refractivity contribution is 0.0730. The number of Topliss-reactive ketones (excluding diaryl/α,β-unsaturated/α-hetero) is 1. The number of benzene rings is 4. The second kappa shape index (κ2) is 13.3. The van der Waals surface area contributed by atoms with Crippen LogP contribution < -0.4 is 13.7 Å². The van der Waals surface area contributed by atoms with E-state index in [2.05, 4.69) is 0 Å². The predicted molar refractivity (Wildman–Crippen MR) is 161 cm³/mol. The first kappa shape index (κ1) is 30.9. The van der Waals surface area contributed by atoms with Crippen LogP contribution in [-0.2, 0) is 16.5 Å². The Bertz CT molecular complexity index is 1790. The average Bonchev–Trinajstić information content (AvgIpc) is 2.97. The number of hydrogen-bond donors (Lipinski definition) is 0. The number of hydrogen-bond acceptors (Lipinski definition) is 8. The second-order valence-electron chi connectivity index (χ2n) is 9.96. The predicted octanol–water partition coefficient (Wildman–Crippen LogP) is 6.91. The number of allylic oxidation sites excluding steroid dienone is 2. The van der Waals surface area contributed by atoms with Crippen LogP contribution in [0.4, 0.5) is 0 Å². The van der Waals surface area contributed by atoms with Gasteiger partial charge in [0.25, 0.3) is 0 Å². The Kier molecular flexibility index (Phi) is 9.57. The zero-order chi connectivity index (χ0) is 31.1. The van der Waals surface area contributed by atoms with Gasteiger partial charge in [-0.1, -0.05) is 65.7 Å². The standard InChI is InChI=1S/C34H30O8S/c1-22(2)15-20-28-29(40-33(36)25-11-7-5-8-12-25)21-30(41-34(37)26-13-9-6-10-14-26)31(24(4)35)32(28)42-43(38,39)27-18-16-23(3)17-19-27/h5-19,21H,20H2,1-4H3.